The summed E-state index contributed by atoms with van der Waals surface area (Å²) in [6.45, 7) is -0.965. The Morgan fingerprint density at radius 3 is 2.19 bits per heavy atom. The third-order valence-corrected chi connectivity index (χ3v) is 7.38. The van der Waals surface area contributed by atoms with Gasteiger partial charge in [-0.3, -0.25) is 0 Å². The zero-order valence-electron chi connectivity index (χ0n) is 20.6. The van der Waals surface area contributed by atoms with Gasteiger partial charge >= 0.3 is 0 Å². The number of aromatic hydroxyl groups is 1. The van der Waals surface area contributed by atoms with E-state index in [1.165, 1.54) is 20.3 Å². The van der Waals surface area contributed by atoms with E-state index in [1.54, 1.807) is 24.3 Å². The van der Waals surface area contributed by atoms with Crippen molar-refractivity contribution in [1.29, 1.82) is 0 Å². The highest BCUT2D eigenvalue weighted by atomic mass is 16.7. The van der Waals surface area contributed by atoms with Crippen molar-refractivity contribution in [2.24, 2.45) is 11.8 Å². The first-order valence-corrected chi connectivity index (χ1v) is 12.0. The summed E-state index contributed by atoms with van der Waals surface area (Å²) in [6, 6.07) is 8.33. The predicted molar refractivity (Wildman–Crippen MR) is 129 cm³/mol. The molecule has 1 fully saturated rings. The summed E-state index contributed by atoms with van der Waals surface area (Å²) in [4.78, 5) is 0. The fraction of sp³-hybridized carbons (Fsp3) is 0.538. The van der Waals surface area contributed by atoms with E-state index in [2.05, 4.69) is 0 Å². The first-order valence-electron chi connectivity index (χ1n) is 12.0. The number of aliphatic hydroxyl groups is 6. The van der Waals surface area contributed by atoms with Crippen molar-refractivity contribution in [3.05, 3.63) is 47.0 Å². The van der Waals surface area contributed by atoms with Crippen molar-refractivity contribution in [1.82, 2.24) is 0 Å². The van der Waals surface area contributed by atoms with E-state index in [0.717, 1.165) is 16.7 Å². The van der Waals surface area contributed by atoms with Gasteiger partial charge in [0.15, 0.2) is 23.0 Å². The number of methoxy groups -OCH3 is 2. The van der Waals surface area contributed by atoms with Gasteiger partial charge in [-0.05, 0) is 59.2 Å². The molecule has 0 spiro atoms. The van der Waals surface area contributed by atoms with Crippen LogP contribution in [0.5, 0.6) is 23.0 Å². The minimum Gasteiger partial charge on any atom is -0.504 e. The second-order valence-corrected chi connectivity index (χ2v) is 9.42. The molecule has 0 unspecified atom stereocenters. The summed E-state index contributed by atoms with van der Waals surface area (Å²) < 4.78 is 22.2. The van der Waals surface area contributed by atoms with E-state index in [-0.39, 0.29) is 42.3 Å². The molecule has 1 aliphatic heterocycles. The minimum atomic E-state index is -1.61. The summed E-state index contributed by atoms with van der Waals surface area (Å²) in [5.74, 6) is -0.374. The molecule has 2 aromatic rings. The van der Waals surface area contributed by atoms with Gasteiger partial charge in [0.1, 0.15) is 24.4 Å². The maximum Gasteiger partial charge on any atom is 0.229 e. The second kappa shape index (κ2) is 11.4. The van der Waals surface area contributed by atoms with Crippen LogP contribution in [0.3, 0.4) is 0 Å². The highest BCUT2D eigenvalue weighted by molar-refractivity contribution is 5.54. The average molecular weight is 523 g/mol. The van der Waals surface area contributed by atoms with Gasteiger partial charge < -0.3 is 54.7 Å². The van der Waals surface area contributed by atoms with Crippen LogP contribution in [0.15, 0.2) is 30.3 Å². The Morgan fingerprint density at radius 1 is 0.838 bits per heavy atom. The molecule has 0 bridgehead atoms. The highest BCUT2D eigenvalue weighted by Gasteiger charge is 2.45. The van der Waals surface area contributed by atoms with Crippen molar-refractivity contribution in [3.8, 4) is 23.0 Å². The van der Waals surface area contributed by atoms with Crippen LogP contribution in [-0.2, 0) is 11.2 Å². The Morgan fingerprint density at radius 2 is 1.57 bits per heavy atom. The van der Waals surface area contributed by atoms with Gasteiger partial charge in [0.2, 0.25) is 6.29 Å². The quantitative estimate of drug-likeness (QED) is 0.238. The number of aliphatic hydroxyl groups excluding tert-OH is 6. The zero-order valence-corrected chi connectivity index (χ0v) is 20.6. The monoisotopic (exact) mass is 522 g/mol. The Hall–Kier alpha value is -2.64. The van der Waals surface area contributed by atoms with Crippen LogP contribution in [0.25, 0.3) is 0 Å². The molecular formula is C26H34O11. The van der Waals surface area contributed by atoms with Crippen LogP contribution in [0, 0.1) is 11.8 Å². The fourth-order valence-corrected chi connectivity index (χ4v) is 5.33. The summed E-state index contributed by atoms with van der Waals surface area (Å²) in [6.07, 6.45) is -6.86. The largest absolute Gasteiger partial charge is 0.504 e. The van der Waals surface area contributed by atoms with Crippen LogP contribution in [0.4, 0.5) is 0 Å². The lowest BCUT2D eigenvalue weighted by Crippen LogP contribution is -2.60. The molecule has 1 saturated heterocycles. The molecule has 0 radical (unpaired) electrons. The normalized spacial score (nSPS) is 31.5. The van der Waals surface area contributed by atoms with E-state index >= 15 is 0 Å². The van der Waals surface area contributed by atoms with Gasteiger partial charge in [-0.25, -0.2) is 0 Å². The van der Waals surface area contributed by atoms with Crippen LogP contribution >= 0.6 is 0 Å². The third-order valence-electron chi connectivity index (χ3n) is 7.38. The van der Waals surface area contributed by atoms with Gasteiger partial charge in [-0.1, -0.05) is 6.07 Å². The molecule has 0 saturated carbocycles. The number of phenolic OH excluding ortho intramolecular Hbond substituents is 1. The number of phenols is 1. The molecule has 1 heterocycles. The molecule has 0 amide bonds. The van der Waals surface area contributed by atoms with Crippen molar-refractivity contribution in [2.75, 3.05) is 34.0 Å². The molecule has 8 atom stereocenters. The van der Waals surface area contributed by atoms with E-state index in [9.17, 15) is 35.7 Å². The topological polar surface area (TPSA) is 179 Å². The van der Waals surface area contributed by atoms with E-state index in [4.69, 9.17) is 18.9 Å². The lowest BCUT2D eigenvalue weighted by Gasteiger charge is -2.41. The first-order chi connectivity index (χ1) is 17.8. The van der Waals surface area contributed by atoms with E-state index in [0.29, 0.717) is 12.2 Å². The predicted octanol–water partition coefficient (Wildman–Crippen LogP) is -0.507. The number of hydrogen-bond donors (Lipinski definition) is 7. The lowest BCUT2D eigenvalue weighted by atomic mass is 9.67. The van der Waals surface area contributed by atoms with Crippen LogP contribution < -0.4 is 14.2 Å². The van der Waals surface area contributed by atoms with Crippen molar-refractivity contribution in [3.63, 3.8) is 0 Å². The summed E-state index contributed by atoms with van der Waals surface area (Å²) in [7, 11) is 2.87. The Bertz CT molecular complexity index is 1070. The van der Waals surface area contributed by atoms with Crippen molar-refractivity contribution in [2.45, 2.75) is 43.0 Å². The number of fused-ring (bicyclic) bond motifs is 1. The zero-order chi connectivity index (χ0) is 26.9. The van der Waals surface area contributed by atoms with Gasteiger partial charge in [0.25, 0.3) is 0 Å². The highest BCUT2D eigenvalue weighted by Crippen LogP contribution is 2.48. The average Bonchev–Trinajstić information content (AvgIpc) is 2.92. The van der Waals surface area contributed by atoms with Crippen LogP contribution in [0.1, 0.15) is 22.6 Å². The van der Waals surface area contributed by atoms with Crippen molar-refractivity contribution < 1.29 is 54.7 Å². The van der Waals surface area contributed by atoms with Gasteiger partial charge in [0.05, 0.1) is 20.8 Å². The Labute approximate surface area is 214 Å². The lowest BCUT2D eigenvalue weighted by molar-refractivity contribution is -0.277. The number of rotatable bonds is 8. The molecule has 4 rings (SSSR count). The fourth-order valence-electron chi connectivity index (χ4n) is 5.33. The Balaban J connectivity index is 1.79. The molecule has 11 nitrogen and oxygen atoms in total. The first kappa shape index (κ1) is 27.4. The van der Waals surface area contributed by atoms with Gasteiger partial charge in [-0.2, -0.15) is 0 Å². The Kier molecular flexibility index (Phi) is 8.44. The van der Waals surface area contributed by atoms with Gasteiger partial charge in [0, 0.05) is 19.1 Å². The van der Waals surface area contributed by atoms with Crippen LogP contribution in [0.2, 0.25) is 0 Å². The number of ether oxygens (including phenoxy) is 4. The number of hydrogen-bond acceptors (Lipinski definition) is 11. The SMILES string of the molecule is COc1cc([C@@H]2c3cc(O[C@@H]4O[C@H](CO)[C@@H](O)[C@H](O)[C@H]4O)c(OC)cc3C[C@H](CO)[C@@H]2CO)ccc1O. The summed E-state index contributed by atoms with van der Waals surface area (Å²) in [5.41, 5.74) is 2.34. The maximum atomic E-state index is 10.5. The minimum absolute atomic E-state index is 0.0390. The smallest absolute Gasteiger partial charge is 0.229 e. The van der Waals surface area contributed by atoms with E-state index < -0.39 is 43.2 Å². The molecule has 37 heavy (non-hydrogen) atoms. The molecule has 2 aliphatic rings. The maximum absolute atomic E-state index is 10.5. The molecular weight excluding hydrogens is 488 g/mol. The molecule has 0 aromatic heterocycles. The molecule has 204 valence electrons. The van der Waals surface area contributed by atoms with E-state index in [1.807, 2.05) is 0 Å². The van der Waals surface area contributed by atoms with Crippen LogP contribution in [-0.4, -0.2) is 100 Å². The second-order valence-electron chi connectivity index (χ2n) is 9.42. The number of benzene rings is 2. The molecule has 11 heteroatoms. The summed E-state index contributed by atoms with van der Waals surface area (Å²) >= 11 is 0. The van der Waals surface area contributed by atoms with Crippen molar-refractivity contribution >= 4 is 0 Å². The third kappa shape index (κ3) is 5.08. The molecule has 1 aliphatic carbocycles. The molecule has 2 aromatic carbocycles. The van der Waals surface area contributed by atoms with Gasteiger partial charge in [-0.15, -0.1) is 0 Å². The standard InChI is InChI=1S/C26H34O11/c1-34-18-6-12(3-4-17(18)30)22-15-8-20(36-26-25(33)24(32)23(31)21(11-29)37-26)19(35-2)7-13(15)5-14(9-27)16(22)10-28/h3-4,6-8,14,16,21-33H,5,9-11H2,1-2H3/t14-,16+,21-,22-,23-,24+,25-,26-/m1/s1. The molecule has 7 N–H and O–H groups in total. The summed E-state index contributed by atoms with van der Waals surface area (Å²) in [5, 5.41) is 70.8.